The van der Waals surface area contributed by atoms with Gasteiger partial charge in [0.1, 0.15) is 5.60 Å². The van der Waals surface area contributed by atoms with Crippen molar-refractivity contribution >= 4 is 12.1 Å². The quantitative estimate of drug-likeness (QED) is 0.460. The Morgan fingerprint density at radius 2 is 2.12 bits per heavy atom. The number of aliphatic imine (C=N–C) groups is 1. The van der Waals surface area contributed by atoms with E-state index < -0.39 is 11.7 Å². The molecule has 3 N–H and O–H groups in total. The zero-order valence-electron chi connectivity index (χ0n) is 16.7. The Balaban J connectivity index is 2.45. The van der Waals surface area contributed by atoms with Crippen LogP contribution < -0.4 is 16.0 Å². The summed E-state index contributed by atoms with van der Waals surface area (Å²) in [6.07, 6.45) is 6.38. The third-order valence-electron chi connectivity index (χ3n) is 3.55. The Labute approximate surface area is 156 Å². The number of nitrogens with one attached hydrogen (secondary N) is 3. The molecule has 0 saturated heterocycles. The van der Waals surface area contributed by atoms with Gasteiger partial charge in [-0.05, 0) is 33.3 Å². The summed E-state index contributed by atoms with van der Waals surface area (Å²) in [4.78, 5) is 16.1. The highest BCUT2D eigenvalue weighted by Gasteiger charge is 2.18. The standard InChI is InChI=1S/C18H34N6O2/c1-6-7-9-15(14-21-17(25)26-18(2,3)4)23-16(19-5)20-11-13-24-12-8-10-22-24/h8,10,12,15H,6-7,9,11,13-14H2,1-5H3,(H,21,25)(H2,19,20,23). The molecule has 26 heavy (non-hydrogen) atoms. The molecule has 8 heteroatoms. The summed E-state index contributed by atoms with van der Waals surface area (Å²) in [5.41, 5.74) is -0.499. The van der Waals surface area contributed by atoms with E-state index in [1.165, 1.54) is 0 Å². The monoisotopic (exact) mass is 366 g/mol. The molecule has 1 atom stereocenters. The molecule has 0 aromatic carbocycles. The fourth-order valence-corrected chi connectivity index (χ4v) is 2.31. The Morgan fingerprint density at radius 3 is 2.69 bits per heavy atom. The SMILES string of the molecule is CCCCC(CNC(=O)OC(C)(C)C)NC(=NC)NCCn1cccn1. The van der Waals surface area contributed by atoms with Crippen LogP contribution in [0.3, 0.4) is 0 Å². The smallest absolute Gasteiger partial charge is 0.407 e. The maximum absolute atomic E-state index is 11.9. The summed E-state index contributed by atoms with van der Waals surface area (Å²) in [5, 5.41) is 13.7. The van der Waals surface area contributed by atoms with Crippen LogP contribution in [0.25, 0.3) is 0 Å². The second kappa shape index (κ2) is 11.4. The number of carbonyl (C=O) groups excluding carboxylic acids is 1. The minimum Gasteiger partial charge on any atom is -0.444 e. The van der Waals surface area contributed by atoms with Gasteiger partial charge in [-0.1, -0.05) is 19.8 Å². The Kier molecular flexibility index (Phi) is 9.54. The van der Waals surface area contributed by atoms with Gasteiger partial charge in [0.15, 0.2) is 5.96 Å². The van der Waals surface area contributed by atoms with Crippen LogP contribution in [0.1, 0.15) is 47.0 Å². The number of hydrogen-bond donors (Lipinski definition) is 3. The molecule has 1 unspecified atom stereocenters. The van der Waals surface area contributed by atoms with Crippen LogP contribution in [0.15, 0.2) is 23.5 Å². The number of hydrogen-bond acceptors (Lipinski definition) is 4. The lowest BCUT2D eigenvalue weighted by Gasteiger charge is -2.24. The molecule has 1 amide bonds. The van der Waals surface area contributed by atoms with Crippen LogP contribution in [-0.2, 0) is 11.3 Å². The van der Waals surface area contributed by atoms with Gasteiger partial charge in [-0.2, -0.15) is 5.10 Å². The van der Waals surface area contributed by atoms with Crippen LogP contribution in [0.2, 0.25) is 0 Å². The van der Waals surface area contributed by atoms with Crippen molar-refractivity contribution in [1.29, 1.82) is 0 Å². The van der Waals surface area contributed by atoms with Crippen LogP contribution >= 0.6 is 0 Å². The van der Waals surface area contributed by atoms with Gasteiger partial charge in [-0.25, -0.2) is 4.79 Å². The molecule has 0 bridgehead atoms. The second-order valence-electron chi connectivity index (χ2n) is 7.13. The first-order chi connectivity index (χ1) is 12.3. The molecule has 0 aliphatic rings. The first-order valence-electron chi connectivity index (χ1n) is 9.25. The second-order valence-corrected chi connectivity index (χ2v) is 7.13. The Hall–Kier alpha value is -2.25. The van der Waals surface area contributed by atoms with Crippen molar-refractivity contribution < 1.29 is 9.53 Å². The largest absolute Gasteiger partial charge is 0.444 e. The van der Waals surface area contributed by atoms with Gasteiger partial charge < -0.3 is 20.7 Å². The minimum atomic E-state index is -0.499. The maximum Gasteiger partial charge on any atom is 0.407 e. The van der Waals surface area contributed by atoms with Gasteiger partial charge in [-0.15, -0.1) is 0 Å². The molecular weight excluding hydrogens is 332 g/mol. The number of amides is 1. The summed E-state index contributed by atoms with van der Waals surface area (Å²) in [5.74, 6) is 0.712. The third kappa shape index (κ3) is 9.90. The molecule has 0 aliphatic carbocycles. The fraction of sp³-hybridized carbons (Fsp3) is 0.722. The van der Waals surface area contributed by atoms with Crippen molar-refractivity contribution in [1.82, 2.24) is 25.7 Å². The topological polar surface area (TPSA) is 92.6 Å². The predicted octanol–water partition coefficient (Wildman–Crippen LogP) is 2.13. The molecule has 0 radical (unpaired) electrons. The highest BCUT2D eigenvalue weighted by atomic mass is 16.6. The predicted molar refractivity (Wildman–Crippen MR) is 104 cm³/mol. The van der Waals surface area contributed by atoms with Gasteiger partial charge in [0, 0.05) is 38.6 Å². The lowest BCUT2D eigenvalue weighted by atomic mass is 10.1. The van der Waals surface area contributed by atoms with Crippen LogP contribution in [0, 0.1) is 0 Å². The first-order valence-corrected chi connectivity index (χ1v) is 9.25. The molecule has 0 fully saturated rings. The van der Waals surface area contributed by atoms with Crippen LogP contribution in [0.4, 0.5) is 4.79 Å². The van der Waals surface area contributed by atoms with Gasteiger partial charge in [0.05, 0.1) is 6.54 Å². The highest BCUT2D eigenvalue weighted by Crippen LogP contribution is 2.07. The van der Waals surface area contributed by atoms with E-state index in [0.717, 1.165) is 25.8 Å². The van der Waals surface area contributed by atoms with Crippen LogP contribution in [-0.4, -0.2) is 53.6 Å². The van der Waals surface area contributed by atoms with Crippen molar-refractivity contribution in [2.24, 2.45) is 4.99 Å². The summed E-state index contributed by atoms with van der Waals surface area (Å²) >= 11 is 0. The van der Waals surface area contributed by atoms with Crippen molar-refractivity contribution in [3.05, 3.63) is 18.5 Å². The number of guanidine groups is 1. The average Bonchev–Trinajstić information content (AvgIpc) is 3.07. The third-order valence-corrected chi connectivity index (χ3v) is 3.55. The molecule has 8 nitrogen and oxygen atoms in total. The normalized spacial score (nSPS) is 13.2. The number of alkyl carbamates (subject to hydrolysis) is 1. The highest BCUT2D eigenvalue weighted by molar-refractivity contribution is 5.80. The van der Waals surface area contributed by atoms with E-state index in [1.807, 2.05) is 37.7 Å². The van der Waals surface area contributed by atoms with E-state index in [-0.39, 0.29) is 6.04 Å². The molecule has 1 heterocycles. The van der Waals surface area contributed by atoms with Crippen molar-refractivity contribution in [2.45, 2.75) is 65.1 Å². The average molecular weight is 367 g/mol. The zero-order valence-corrected chi connectivity index (χ0v) is 16.7. The molecule has 148 valence electrons. The van der Waals surface area contributed by atoms with E-state index >= 15 is 0 Å². The van der Waals surface area contributed by atoms with Crippen molar-refractivity contribution in [2.75, 3.05) is 20.1 Å². The molecule has 0 saturated carbocycles. The van der Waals surface area contributed by atoms with E-state index in [0.29, 0.717) is 19.0 Å². The number of carbonyl (C=O) groups is 1. The molecule has 1 aromatic heterocycles. The van der Waals surface area contributed by atoms with Gasteiger partial charge in [0.2, 0.25) is 0 Å². The van der Waals surface area contributed by atoms with Crippen molar-refractivity contribution in [3.63, 3.8) is 0 Å². The maximum atomic E-state index is 11.9. The first kappa shape index (κ1) is 21.8. The zero-order chi connectivity index (χ0) is 19.4. The lowest BCUT2D eigenvalue weighted by molar-refractivity contribution is 0.0523. The Morgan fingerprint density at radius 1 is 1.35 bits per heavy atom. The van der Waals surface area contributed by atoms with E-state index in [1.54, 1.807) is 13.2 Å². The number of nitrogens with zero attached hydrogens (tertiary/aromatic N) is 3. The van der Waals surface area contributed by atoms with Gasteiger partial charge in [-0.3, -0.25) is 9.67 Å². The van der Waals surface area contributed by atoms with E-state index in [4.69, 9.17) is 4.74 Å². The summed E-state index contributed by atoms with van der Waals surface area (Å²) in [6.45, 7) is 9.65. The van der Waals surface area contributed by atoms with Gasteiger partial charge >= 0.3 is 6.09 Å². The molecule has 1 rings (SSSR count). The number of ether oxygens (including phenoxy) is 1. The summed E-state index contributed by atoms with van der Waals surface area (Å²) < 4.78 is 7.16. The van der Waals surface area contributed by atoms with E-state index in [2.05, 4.69) is 33.0 Å². The summed E-state index contributed by atoms with van der Waals surface area (Å²) in [6, 6.07) is 1.98. The summed E-state index contributed by atoms with van der Waals surface area (Å²) in [7, 11) is 1.74. The Bertz CT molecular complexity index is 536. The number of aromatic nitrogens is 2. The number of unbranched alkanes of at least 4 members (excludes halogenated alkanes) is 1. The molecule has 0 spiro atoms. The number of rotatable bonds is 9. The van der Waals surface area contributed by atoms with Gasteiger partial charge in [0.25, 0.3) is 0 Å². The van der Waals surface area contributed by atoms with Crippen LogP contribution in [0.5, 0.6) is 0 Å². The molecule has 1 aromatic rings. The fourth-order valence-electron chi connectivity index (χ4n) is 2.31. The molecule has 0 aliphatic heterocycles. The lowest BCUT2D eigenvalue weighted by Crippen LogP contribution is -2.49. The minimum absolute atomic E-state index is 0.0818. The van der Waals surface area contributed by atoms with E-state index in [9.17, 15) is 4.79 Å². The molecular formula is C18H34N6O2. The van der Waals surface area contributed by atoms with Crippen molar-refractivity contribution in [3.8, 4) is 0 Å².